The molecule has 1 aromatic carbocycles. The molecule has 0 bridgehead atoms. The number of anilines is 2. The van der Waals surface area contributed by atoms with Gasteiger partial charge in [0.05, 0.1) is 11.9 Å². The van der Waals surface area contributed by atoms with E-state index in [1.54, 1.807) is 18.2 Å². The van der Waals surface area contributed by atoms with Gasteiger partial charge in [-0.1, -0.05) is 0 Å². The standard InChI is InChI=1S/C7H9BrN2O2S/c1-13(11,12)10-7-3-2-5(9)4-6(7)8/h2-4,10H,9H2,1H3. The van der Waals surface area contributed by atoms with Gasteiger partial charge in [0.1, 0.15) is 0 Å². The third-order valence-corrected chi connectivity index (χ3v) is 2.54. The molecule has 0 aromatic heterocycles. The lowest BCUT2D eigenvalue weighted by molar-refractivity contribution is 0.607. The molecule has 0 spiro atoms. The Kier molecular flexibility index (Phi) is 2.82. The number of hydrogen-bond donors (Lipinski definition) is 2. The van der Waals surface area contributed by atoms with E-state index < -0.39 is 10.0 Å². The van der Waals surface area contributed by atoms with Crippen LogP contribution in [0.3, 0.4) is 0 Å². The molecule has 0 heterocycles. The fraction of sp³-hybridized carbons (Fsp3) is 0.143. The van der Waals surface area contributed by atoms with E-state index in [0.717, 1.165) is 6.26 Å². The minimum absolute atomic E-state index is 0.483. The molecule has 0 aliphatic rings. The van der Waals surface area contributed by atoms with Gasteiger partial charge in [0.2, 0.25) is 10.0 Å². The number of nitrogens with one attached hydrogen (secondary N) is 1. The minimum atomic E-state index is -3.23. The van der Waals surface area contributed by atoms with E-state index in [2.05, 4.69) is 20.7 Å². The van der Waals surface area contributed by atoms with Gasteiger partial charge < -0.3 is 5.73 Å². The van der Waals surface area contributed by atoms with Gasteiger partial charge in [0.25, 0.3) is 0 Å². The van der Waals surface area contributed by atoms with Crippen molar-refractivity contribution >= 4 is 37.3 Å². The number of sulfonamides is 1. The maximum Gasteiger partial charge on any atom is 0.229 e. The van der Waals surface area contributed by atoms with Crippen LogP contribution in [-0.4, -0.2) is 14.7 Å². The van der Waals surface area contributed by atoms with Crippen molar-refractivity contribution in [2.75, 3.05) is 16.7 Å². The van der Waals surface area contributed by atoms with Crippen LogP contribution in [0.4, 0.5) is 11.4 Å². The van der Waals surface area contributed by atoms with Crippen LogP contribution in [0.5, 0.6) is 0 Å². The topological polar surface area (TPSA) is 72.2 Å². The summed E-state index contributed by atoms with van der Waals surface area (Å²) in [6, 6.07) is 4.85. The molecule has 72 valence electrons. The number of benzene rings is 1. The number of nitrogen functional groups attached to an aromatic ring is 1. The van der Waals surface area contributed by atoms with Crippen molar-refractivity contribution in [1.29, 1.82) is 0 Å². The molecule has 0 unspecified atom stereocenters. The highest BCUT2D eigenvalue weighted by molar-refractivity contribution is 9.10. The van der Waals surface area contributed by atoms with Gasteiger partial charge in [-0.05, 0) is 34.1 Å². The predicted molar refractivity (Wildman–Crippen MR) is 57.0 cm³/mol. The maximum absolute atomic E-state index is 10.9. The van der Waals surface area contributed by atoms with Gasteiger partial charge in [-0.15, -0.1) is 0 Å². The molecule has 0 atom stereocenters. The van der Waals surface area contributed by atoms with Crippen molar-refractivity contribution in [1.82, 2.24) is 0 Å². The van der Waals surface area contributed by atoms with Crippen molar-refractivity contribution in [2.24, 2.45) is 0 Å². The number of hydrogen-bond acceptors (Lipinski definition) is 3. The molecule has 0 radical (unpaired) electrons. The summed E-state index contributed by atoms with van der Waals surface area (Å²) in [7, 11) is -3.23. The third kappa shape index (κ3) is 3.23. The highest BCUT2D eigenvalue weighted by Gasteiger charge is 2.05. The summed E-state index contributed by atoms with van der Waals surface area (Å²) in [5.74, 6) is 0. The van der Waals surface area contributed by atoms with Crippen LogP contribution in [0.2, 0.25) is 0 Å². The van der Waals surface area contributed by atoms with Crippen LogP contribution < -0.4 is 10.5 Å². The molecule has 0 fully saturated rings. The second kappa shape index (κ2) is 3.55. The Morgan fingerprint density at radius 2 is 2.08 bits per heavy atom. The molecule has 4 nitrogen and oxygen atoms in total. The first kappa shape index (κ1) is 10.3. The van der Waals surface area contributed by atoms with Crippen molar-refractivity contribution in [3.63, 3.8) is 0 Å². The first-order valence-electron chi connectivity index (χ1n) is 3.41. The number of halogens is 1. The molecular weight excluding hydrogens is 256 g/mol. The van der Waals surface area contributed by atoms with Gasteiger partial charge in [-0.2, -0.15) is 0 Å². The molecule has 0 amide bonds. The van der Waals surface area contributed by atoms with E-state index in [0.29, 0.717) is 15.8 Å². The normalized spacial score (nSPS) is 11.2. The number of nitrogens with two attached hydrogens (primary N) is 1. The first-order chi connectivity index (χ1) is 5.88. The Morgan fingerprint density at radius 3 is 2.54 bits per heavy atom. The fourth-order valence-electron chi connectivity index (χ4n) is 0.814. The zero-order valence-electron chi connectivity index (χ0n) is 6.91. The lowest BCUT2D eigenvalue weighted by atomic mass is 10.3. The predicted octanol–water partition coefficient (Wildman–Crippen LogP) is 1.40. The zero-order valence-corrected chi connectivity index (χ0v) is 9.31. The SMILES string of the molecule is CS(=O)(=O)Nc1ccc(N)cc1Br. The summed E-state index contributed by atoms with van der Waals surface area (Å²) in [6.45, 7) is 0. The van der Waals surface area contributed by atoms with Gasteiger partial charge in [0, 0.05) is 10.2 Å². The Bertz CT molecular complexity index is 417. The second-order valence-electron chi connectivity index (χ2n) is 2.61. The highest BCUT2D eigenvalue weighted by atomic mass is 79.9. The van der Waals surface area contributed by atoms with Crippen LogP contribution in [-0.2, 0) is 10.0 Å². The van der Waals surface area contributed by atoms with Crippen LogP contribution in [0, 0.1) is 0 Å². The lowest BCUT2D eigenvalue weighted by Crippen LogP contribution is -2.09. The zero-order chi connectivity index (χ0) is 10.1. The van der Waals surface area contributed by atoms with Crippen LogP contribution in [0.15, 0.2) is 22.7 Å². The Balaban J connectivity index is 3.04. The summed E-state index contributed by atoms with van der Waals surface area (Å²) in [6.07, 6.45) is 1.09. The molecule has 0 saturated heterocycles. The van der Waals surface area contributed by atoms with Gasteiger partial charge in [-0.25, -0.2) is 8.42 Å². The molecule has 1 rings (SSSR count). The van der Waals surface area contributed by atoms with E-state index in [9.17, 15) is 8.42 Å². The minimum Gasteiger partial charge on any atom is -0.399 e. The molecule has 0 aliphatic heterocycles. The van der Waals surface area contributed by atoms with Gasteiger partial charge >= 0.3 is 0 Å². The average Bonchev–Trinajstić information content (AvgIpc) is 1.93. The first-order valence-corrected chi connectivity index (χ1v) is 6.10. The van der Waals surface area contributed by atoms with Crippen molar-refractivity contribution in [2.45, 2.75) is 0 Å². The third-order valence-electron chi connectivity index (χ3n) is 1.29. The smallest absolute Gasteiger partial charge is 0.229 e. The monoisotopic (exact) mass is 264 g/mol. The van der Waals surface area contributed by atoms with Gasteiger partial charge in [0.15, 0.2) is 0 Å². The molecule has 1 aromatic rings. The van der Waals surface area contributed by atoms with Crippen LogP contribution in [0.25, 0.3) is 0 Å². The summed E-state index contributed by atoms with van der Waals surface area (Å²) in [4.78, 5) is 0. The van der Waals surface area contributed by atoms with E-state index in [1.807, 2.05) is 0 Å². The van der Waals surface area contributed by atoms with E-state index in [4.69, 9.17) is 5.73 Å². The number of rotatable bonds is 2. The molecule has 6 heteroatoms. The molecule has 0 aliphatic carbocycles. The van der Waals surface area contributed by atoms with Crippen LogP contribution in [0.1, 0.15) is 0 Å². The summed E-state index contributed by atoms with van der Waals surface area (Å²) in [5, 5.41) is 0. The molecule has 3 N–H and O–H groups in total. The molecule has 13 heavy (non-hydrogen) atoms. The highest BCUT2D eigenvalue weighted by Crippen LogP contribution is 2.25. The summed E-state index contributed by atoms with van der Waals surface area (Å²) >= 11 is 3.19. The maximum atomic E-state index is 10.9. The largest absolute Gasteiger partial charge is 0.399 e. The lowest BCUT2D eigenvalue weighted by Gasteiger charge is -2.06. The fourth-order valence-corrected chi connectivity index (χ4v) is 2.02. The van der Waals surface area contributed by atoms with E-state index in [-0.39, 0.29) is 0 Å². The summed E-state index contributed by atoms with van der Waals surface area (Å²) < 4.78 is 24.7. The van der Waals surface area contributed by atoms with Gasteiger partial charge in [-0.3, -0.25) is 4.72 Å². The van der Waals surface area contributed by atoms with Crippen molar-refractivity contribution < 1.29 is 8.42 Å². The van der Waals surface area contributed by atoms with Crippen molar-refractivity contribution in [3.8, 4) is 0 Å². The van der Waals surface area contributed by atoms with Crippen LogP contribution >= 0.6 is 15.9 Å². The Labute approximate surface area is 85.3 Å². The Morgan fingerprint density at radius 1 is 1.46 bits per heavy atom. The quantitative estimate of drug-likeness (QED) is 0.794. The molecular formula is C7H9BrN2O2S. The Hall–Kier alpha value is -0.750. The van der Waals surface area contributed by atoms with E-state index in [1.165, 1.54) is 0 Å². The average molecular weight is 265 g/mol. The second-order valence-corrected chi connectivity index (χ2v) is 5.22. The van der Waals surface area contributed by atoms with Crippen molar-refractivity contribution in [3.05, 3.63) is 22.7 Å². The molecule has 0 saturated carbocycles. The van der Waals surface area contributed by atoms with E-state index >= 15 is 0 Å². The summed E-state index contributed by atoms with van der Waals surface area (Å²) in [5.41, 5.74) is 6.54.